The number of Topliss-reactive ketones (excluding diaryl/α,β-unsaturated/α-hetero) is 1. The first-order valence-corrected chi connectivity index (χ1v) is 7.16. The maximum Gasteiger partial charge on any atom is 0.169 e. The van der Waals surface area contributed by atoms with Crippen molar-refractivity contribution in [2.75, 3.05) is 7.05 Å². The van der Waals surface area contributed by atoms with Crippen LogP contribution in [-0.4, -0.2) is 18.4 Å². The summed E-state index contributed by atoms with van der Waals surface area (Å²) in [7, 11) is 1.84. The van der Waals surface area contributed by atoms with Crippen molar-refractivity contribution in [1.29, 1.82) is 0 Å². The van der Waals surface area contributed by atoms with Crippen LogP contribution < -0.4 is 5.32 Å². The molecule has 1 N–H and O–H groups in total. The number of halogens is 2. The van der Waals surface area contributed by atoms with Crippen molar-refractivity contribution in [2.24, 2.45) is 0 Å². The molecule has 4 heteroatoms. The van der Waals surface area contributed by atoms with Gasteiger partial charge in [-0.2, -0.15) is 0 Å². The molecule has 0 atom stereocenters. The third kappa shape index (κ3) is 2.90. The van der Waals surface area contributed by atoms with Gasteiger partial charge >= 0.3 is 0 Å². The lowest BCUT2D eigenvalue weighted by atomic mass is 9.77. The number of nitrogens with one attached hydrogen (secondary N) is 1. The van der Waals surface area contributed by atoms with E-state index in [1.807, 2.05) is 7.05 Å². The summed E-state index contributed by atoms with van der Waals surface area (Å²) >= 11 is 0. The zero-order valence-corrected chi connectivity index (χ0v) is 12.1. The van der Waals surface area contributed by atoms with Gasteiger partial charge in [0.15, 0.2) is 17.4 Å². The van der Waals surface area contributed by atoms with Gasteiger partial charge in [0.25, 0.3) is 0 Å². The predicted molar refractivity (Wildman–Crippen MR) is 74.9 cm³/mol. The molecule has 0 heterocycles. The van der Waals surface area contributed by atoms with Crippen molar-refractivity contribution >= 4 is 5.78 Å². The van der Waals surface area contributed by atoms with Crippen LogP contribution in [0.3, 0.4) is 0 Å². The molecular weight excluding hydrogens is 260 g/mol. The van der Waals surface area contributed by atoms with Crippen LogP contribution in [0, 0.1) is 18.6 Å². The largest absolute Gasteiger partial charge is 0.314 e. The lowest BCUT2D eigenvalue weighted by molar-refractivity contribution is 0.0910. The summed E-state index contributed by atoms with van der Waals surface area (Å²) in [5.41, 5.74) is -0.170. The minimum Gasteiger partial charge on any atom is -0.314 e. The summed E-state index contributed by atoms with van der Waals surface area (Å²) < 4.78 is 27.4. The van der Waals surface area contributed by atoms with Crippen molar-refractivity contribution in [2.45, 2.75) is 51.0 Å². The fraction of sp³-hybridized carbons (Fsp3) is 0.562. The zero-order chi connectivity index (χ0) is 14.8. The fourth-order valence-corrected chi connectivity index (χ4v) is 3.01. The molecule has 110 valence electrons. The maximum atomic E-state index is 13.9. The molecule has 1 aliphatic carbocycles. The lowest BCUT2D eigenvalue weighted by Crippen LogP contribution is -2.46. The summed E-state index contributed by atoms with van der Waals surface area (Å²) in [6.45, 7) is 1.49. The lowest BCUT2D eigenvalue weighted by Gasteiger charge is -2.36. The van der Waals surface area contributed by atoms with Crippen molar-refractivity contribution in [3.8, 4) is 0 Å². The van der Waals surface area contributed by atoms with E-state index in [1.165, 1.54) is 25.5 Å². The molecule has 0 aromatic heterocycles. The van der Waals surface area contributed by atoms with Crippen molar-refractivity contribution in [1.82, 2.24) is 5.32 Å². The molecule has 0 radical (unpaired) electrons. The van der Waals surface area contributed by atoms with Gasteiger partial charge < -0.3 is 5.32 Å². The Bertz CT molecular complexity index is 507. The zero-order valence-electron chi connectivity index (χ0n) is 12.1. The van der Waals surface area contributed by atoms with Crippen molar-refractivity contribution in [3.05, 3.63) is 34.9 Å². The molecular formula is C16H21F2NO. The van der Waals surface area contributed by atoms with Crippen LogP contribution in [0.15, 0.2) is 12.1 Å². The number of aryl methyl sites for hydroxylation is 1. The van der Waals surface area contributed by atoms with Crippen LogP contribution in [0.25, 0.3) is 0 Å². The van der Waals surface area contributed by atoms with Crippen LogP contribution in [0.1, 0.15) is 54.4 Å². The Hall–Kier alpha value is -1.29. The first-order valence-electron chi connectivity index (χ1n) is 7.16. The van der Waals surface area contributed by atoms with E-state index in [-0.39, 0.29) is 28.9 Å². The van der Waals surface area contributed by atoms with E-state index < -0.39 is 11.6 Å². The molecule has 0 aliphatic heterocycles. The number of benzene rings is 1. The quantitative estimate of drug-likeness (QED) is 0.851. The molecule has 2 nitrogen and oxygen atoms in total. The molecule has 0 unspecified atom stereocenters. The summed E-state index contributed by atoms with van der Waals surface area (Å²) in [4.78, 5) is 12.3. The van der Waals surface area contributed by atoms with Crippen LogP contribution in [-0.2, 0) is 0 Å². The Kier molecular flexibility index (Phi) is 4.53. The van der Waals surface area contributed by atoms with Crippen LogP contribution in [0.5, 0.6) is 0 Å². The molecule has 1 aliphatic rings. The predicted octanol–water partition coefficient (Wildman–Crippen LogP) is 3.77. The summed E-state index contributed by atoms with van der Waals surface area (Å²) in [6, 6.07) is 2.85. The maximum absolute atomic E-state index is 13.9. The van der Waals surface area contributed by atoms with Gasteiger partial charge in [-0.15, -0.1) is 0 Å². The van der Waals surface area contributed by atoms with Gasteiger partial charge in [0, 0.05) is 12.0 Å². The molecule has 1 aromatic carbocycles. The van der Waals surface area contributed by atoms with Crippen molar-refractivity contribution in [3.63, 3.8) is 0 Å². The number of rotatable bonds is 4. The molecule has 0 bridgehead atoms. The number of hydrogen-bond donors (Lipinski definition) is 1. The summed E-state index contributed by atoms with van der Waals surface area (Å²) in [6.07, 6.45) is 5.35. The smallest absolute Gasteiger partial charge is 0.169 e. The van der Waals surface area contributed by atoms with Gasteiger partial charge in [0.1, 0.15) is 0 Å². The molecule has 0 spiro atoms. The SMILES string of the molecule is CNC1(CC(=O)c2ccc(C)c(F)c2F)CCCCC1. The molecule has 2 rings (SSSR count). The molecule has 1 saturated carbocycles. The average Bonchev–Trinajstić information content (AvgIpc) is 2.45. The number of ketones is 1. The number of carbonyl (C=O) groups excluding carboxylic acids is 1. The second-order valence-electron chi connectivity index (χ2n) is 5.75. The second-order valence-corrected chi connectivity index (χ2v) is 5.75. The van der Waals surface area contributed by atoms with E-state index in [0.29, 0.717) is 0 Å². The highest BCUT2D eigenvalue weighted by Crippen LogP contribution is 2.32. The van der Waals surface area contributed by atoms with Gasteiger partial charge in [-0.3, -0.25) is 4.79 Å². The highest BCUT2D eigenvalue weighted by atomic mass is 19.2. The van der Waals surface area contributed by atoms with Gasteiger partial charge in [-0.05, 0) is 38.4 Å². The Morgan fingerprint density at radius 2 is 1.85 bits per heavy atom. The third-order valence-electron chi connectivity index (χ3n) is 4.42. The van der Waals surface area contributed by atoms with Gasteiger partial charge in [0.2, 0.25) is 0 Å². The molecule has 0 amide bonds. The van der Waals surface area contributed by atoms with Gasteiger partial charge in [-0.25, -0.2) is 8.78 Å². The molecule has 0 saturated heterocycles. The van der Waals surface area contributed by atoms with E-state index in [9.17, 15) is 13.6 Å². The first kappa shape index (κ1) is 15.1. The number of hydrogen-bond acceptors (Lipinski definition) is 2. The van der Waals surface area contributed by atoms with E-state index in [1.54, 1.807) is 0 Å². The minimum atomic E-state index is -1.02. The van der Waals surface area contributed by atoms with Crippen LogP contribution >= 0.6 is 0 Å². The number of carbonyl (C=O) groups is 1. The molecule has 20 heavy (non-hydrogen) atoms. The van der Waals surface area contributed by atoms with Crippen molar-refractivity contribution < 1.29 is 13.6 Å². The average molecular weight is 281 g/mol. The highest BCUT2D eigenvalue weighted by Gasteiger charge is 2.33. The molecule has 1 fully saturated rings. The monoisotopic (exact) mass is 281 g/mol. The van der Waals surface area contributed by atoms with Crippen LogP contribution in [0.2, 0.25) is 0 Å². The van der Waals surface area contributed by atoms with Crippen LogP contribution in [0.4, 0.5) is 8.78 Å². The Labute approximate surface area is 118 Å². The third-order valence-corrected chi connectivity index (χ3v) is 4.42. The molecule has 1 aromatic rings. The minimum absolute atomic E-state index is 0.131. The van der Waals surface area contributed by atoms with E-state index in [2.05, 4.69) is 5.32 Å². The van der Waals surface area contributed by atoms with Gasteiger partial charge in [0.05, 0.1) is 5.56 Å². The van der Waals surface area contributed by atoms with E-state index >= 15 is 0 Å². The second kappa shape index (κ2) is 6.00. The Morgan fingerprint density at radius 1 is 1.20 bits per heavy atom. The summed E-state index contributed by atoms with van der Waals surface area (Å²) in [5.74, 6) is -2.26. The van der Waals surface area contributed by atoms with Gasteiger partial charge in [-0.1, -0.05) is 25.3 Å². The van der Waals surface area contributed by atoms with E-state index in [4.69, 9.17) is 0 Å². The standard InChI is InChI=1S/C16H21F2NO/c1-11-6-7-12(15(18)14(11)17)13(20)10-16(19-2)8-4-3-5-9-16/h6-7,19H,3-5,8-10H2,1-2H3. The Morgan fingerprint density at radius 3 is 2.45 bits per heavy atom. The topological polar surface area (TPSA) is 29.1 Å². The Balaban J connectivity index is 2.21. The van der Waals surface area contributed by atoms with E-state index in [0.717, 1.165) is 25.7 Å². The summed E-state index contributed by atoms with van der Waals surface area (Å²) in [5, 5.41) is 3.23. The first-order chi connectivity index (χ1) is 9.49. The fourth-order valence-electron chi connectivity index (χ4n) is 3.01. The highest BCUT2D eigenvalue weighted by molar-refractivity contribution is 5.97. The normalized spacial score (nSPS) is 18.0.